The van der Waals surface area contributed by atoms with E-state index < -0.39 is 0 Å². The summed E-state index contributed by atoms with van der Waals surface area (Å²) in [5.41, 5.74) is 11.2. The van der Waals surface area contributed by atoms with Gasteiger partial charge in [-0.1, -0.05) is 0 Å². The van der Waals surface area contributed by atoms with E-state index in [0.29, 0.717) is 13.1 Å². The van der Waals surface area contributed by atoms with Crippen molar-refractivity contribution in [3.05, 3.63) is 5.73 Å². The Labute approximate surface area is 44.7 Å². The Balaban J connectivity index is 0. The Bertz CT molecular complexity index is 9.61. The average molecular weight is 162 g/mol. The molecule has 0 rings (SSSR count). The number of rotatable bonds is 1. The van der Waals surface area contributed by atoms with Gasteiger partial charge < -0.3 is 11.5 Å². The standard InChI is InChI=1S/C2H7N2.Rh/c3-1-2-4;/h3H,1-2,4H2;/q-1;. The van der Waals surface area contributed by atoms with Gasteiger partial charge in [0.25, 0.3) is 0 Å². The zero-order chi connectivity index (χ0) is 3.41. The van der Waals surface area contributed by atoms with Crippen molar-refractivity contribution >= 4 is 0 Å². The van der Waals surface area contributed by atoms with Crippen LogP contribution in [-0.2, 0) is 19.5 Å². The molecule has 2 nitrogen and oxygen atoms in total. The Kier molecular flexibility index (Phi) is 16.1. The van der Waals surface area contributed by atoms with Crippen LogP contribution in [0.3, 0.4) is 0 Å². The quantitative estimate of drug-likeness (QED) is 0.541. The van der Waals surface area contributed by atoms with Crippen molar-refractivity contribution in [1.29, 1.82) is 0 Å². The summed E-state index contributed by atoms with van der Waals surface area (Å²) < 4.78 is 0. The second-order valence-corrected chi connectivity index (χ2v) is 0.539. The zero-order valence-electron chi connectivity index (χ0n) is 2.82. The van der Waals surface area contributed by atoms with Crippen molar-refractivity contribution in [2.75, 3.05) is 13.1 Å². The van der Waals surface area contributed by atoms with E-state index in [-0.39, 0.29) is 19.5 Å². The molecule has 0 fully saturated rings. The van der Waals surface area contributed by atoms with E-state index in [9.17, 15) is 0 Å². The van der Waals surface area contributed by atoms with E-state index in [0.717, 1.165) is 0 Å². The van der Waals surface area contributed by atoms with E-state index in [1.807, 2.05) is 0 Å². The molecule has 0 amide bonds. The van der Waals surface area contributed by atoms with Gasteiger partial charge in [0.2, 0.25) is 0 Å². The minimum Gasteiger partial charge on any atom is -0.676 e. The number of nitrogens with one attached hydrogen (secondary N) is 1. The van der Waals surface area contributed by atoms with E-state index >= 15 is 0 Å². The summed E-state index contributed by atoms with van der Waals surface area (Å²) in [6, 6.07) is 0. The van der Waals surface area contributed by atoms with Crippen LogP contribution in [0.4, 0.5) is 0 Å². The first kappa shape index (κ1) is 9.11. The third-order valence-electron chi connectivity index (χ3n) is 0.144. The summed E-state index contributed by atoms with van der Waals surface area (Å²) in [5, 5.41) is 0. The van der Waals surface area contributed by atoms with Gasteiger partial charge in [0.05, 0.1) is 0 Å². The molecule has 0 aliphatic carbocycles. The fraction of sp³-hybridized carbons (Fsp3) is 1.00. The smallest absolute Gasteiger partial charge is 0 e. The largest absolute Gasteiger partial charge is 0.676 e. The first-order valence-corrected chi connectivity index (χ1v) is 1.26. The van der Waals surface area contributed by atoms with Gasteiger partial charge in [-0.05, 0) is 6.54 Å². The fourth-order valence-electron chi connectivity index (χ4n) is 0. The molecule has 3 heteroatoms. The van der Waals surface area contributed by atoms with Crippen molar-refractivity contribution in [3.63, 3.8) is 0 Å². The second-order valence-electron chi connectivity index (χ2n) is 0.539. The molecule has 0 bridgehead atoms. The predicted octanol–water partition coefficient (Wildman–Crippen LogP) is -0.00520. The maximum absolute atomic E-state index is 6.33. The minimum absolute atomic E-state index is 0. The van der Waals surface area contributed by atoms with Crippen LogP contribution >= 0.6 is 0 Å². The van der Waals surface area contributed by atoms with Crippen LogP contribution in [0.15, 0.2) is 0 Å². The van der Waals surface area contributed by atoms with Crippen LogP contribution in [0.25, 0.3) is 5.73 Å². The van der Waals surface area contributed by atoms with E-state index in [2.05, 4.69) is 0 Å². The molecule has 0 unspecified atom stereocenters. The molecule has 3 N–H and O–H groups in total. The van der Waals surface area contributed by atoms with Crippen molar-refractivity contribution in [3.8, 4) is 0 Å². The summed E-state index contributed by atoms with van der Waals surface area (Å²) in [6.07, 6.45) is 0. The summed E-state index contributed by atoms with van der Waals surface area (Å²) in [6.45, 7) is 0.833. The normalized spacial score (nSPS) is 6.00. The Morgan fingerprint density at radius 1 is 1.60 bits per heavy atom. The molecule has 0 spiro atoms. The second kappa shape index (κ2) is 8.82. The molecular weight excluding hydrogens is 155 g/mol. The summed E-state index contributed by atoms with van der Waals surface area (Å²) in [7, 11) is 0. The first-order chi connectivity index (χ1) is 1.91. The topological polar surface area (TPSA) is 49.8 Å². The van der Waals surface area contributed by atoms with E-state index in [1.54, 1.807) is 0 Å². The van der Waals surface area contributed by atoms with Gasteiger partial charge in [-0.3, -0.25) is 0 Å². The average Bonchev–Trinajstić information content (AvgIpc) is 1.37. The first-order valence-electron chi connectivity index (χ1n) is 1.26. The van der Waals surface area contributed by atoms with Crippen LogP contribution in [0.5, 0.6) is 0 Å². The molecule has 0 heterocycles. The van der Waals surface area contributed by atoms with E-state index in [1.165, 1.54) is 0 Å². The van der Waals surface area contributed by atoms with Gasteiger partial charge in [-0.2, -0.15) is 0 Å². The van der Waals surface area contributed by atoms with Gasteiger partial charge in [-0.15, -0.1) is 6.54 Å². The number of hydrogen-bond acceptors (Lipinski definition) is 1. The Hall–Kier alpha value is 0.543. The molecular formula is C2H7N2Rh-. The Morgan fingerprint density at radius 2 is 1.80 bits per heavy atom. The Morgan fingerprint density at radius 3 is 1.80 bits per heavy atom. The molecule has 0 saturated heterocycles. The maximum atomic E-state index is 6.33. The molecule has 0 aliphatic rings. The molecule has 0 aliphatic heterocycles. The van der Waals surface area contributed by atoms with Gasteiger partial charge in [0.1, 0.15) is 0 Å². The van der Waals surface area contributed by atoms with Crippen molar-refractivity contribution < 1.29 is 19.5 Å². The van der Waals surface area contributed by atoms with Crippen LogP contribution < -0.4 is 5.73 Å². The fourth-order valence-corrected chi connectivity index (χ4v) is 0. The van der Waals surface area contributed by atoms with Gasteiger partial charge >= 0.3 is 0 Å². The third-order valence-corrected chi connectivity index (χ3v) is 0.144. The molecule has 0 aromatic rings. The van der Waals surface area contributed by atoms with Crippen LogP contribution in [0.2, 0.25) is 0 Å². The maximum Gasteiger partial charge on any atom is 0 e. The molecule has 0 saturated carbocycles. The summed E-state index contributed by atoms with van der Waals surface area (Å²) in [4.78, 5) is 0. The summed E-state index contributed by atoms with van der Waals surface area (Å²) in [5.74, 6) is 0. The predicted molar refractivity (Wildman–Crippen MR) is 18.2 cm³/mol. The SMILES string of the molecule is [NH-]CCN.[Rh]. The van der Waals surface area contributed by atoms with Gasteiger partial charge in [-0.25, -0.2) is 0 Å². The minimum atomic E-state index is 0. The van der Waals surface area contributed by atoms with Gasteiger partial charge in [0, 0.05) is 19.5 Å². The number of nitrogens with two attached hydrogens (primary N) is 1. The molecule has 1 radical (unpaired) electrons. The van der Waals surface area contributed by atoms with Crippen LogP contribution in [-0.4, -0.2) is 13.1 Å². The molecule has 0 atom stereocenters. The van der Waals surface area contributed by atoms with Crippen molar-refractivity contribution in [1.82, 2.24) is 0 Å². The van der Waals surface area contributed by atoms with Gasteiger partial charge in [0.15, 0.2) is 0 Å². The molecule has 0 aromatic carbocycles. The molecule has 35 valence electrons. The van der Waals surface area contributed by atoms with Crippen LogP contribution in [0, 0.1) is 0 Å². The van der Waals surface area contributed by atoms with Crippen LogP contribution in [0.1, 0.15) is 0 Å². The third kappa shape index (κ3) is 12.3. The monoisotopic (exact) mass is 162 g/mol. The molecule has 5 heavy (non-hydrogen) atoms. The number of hydrogen-bond donors (Lipinski definition) is 1. The molecule has 0 aromatic heterocycles. The summed E-state index contributed by atoms with van der Waals surface area (Å²) >= 11 is 0. The van der Waals surface area contributed by atoms with E-state index in [4.69, 9.17) is 11.5 Å². The van der Waals surface area contributed by atoms with Crippen molar-refractivity contribution in [2.24, 2.45) is 5.73 Å². The van der Waals surface area contributed by atoms with Crippen molar-refractivity contribution in [2.45, 2.75) is 0 Å². The zero-order valence-corrected chi connectivity index (χ0v) is 4.46.